The summed E-state index contributed by atoms with van der Waals surface area (Å²) in [5, 5.41) is 13.4. The van der Waals surface area contributed by atoms with Crippen LogP contribution in [0.2, 0.25) is 0 Å². The molecular weight excluding hydrogens is 174 g/mol. The first-order chi connectivity index (χ1) is 6.47. The molecule has 1 aliphatic rings. The molecule has 0 saturated heterocycles. The summed E-state index contributed by atoms with van der Waals surface area (Å²) >= 11 is 0. The van der Waals surface area contributed by atoms with E-state index >= 15 is 0 Å². The van der Waals surface area contributed by atoms with Crippen molar-refractivity contribution in [3.05, 3.63) is 0 Å². The Morgan fingerprint density at radius 2 is 1.86 bits per heavy atom. The van der Waals surface area contributed by atoms with Crippen LogP contribution in [0.15, 0.2) is 0 Å². The Bertz CT molecular complexity index is 171. The monoisotopic (exact) mass is 199 g/mol. The molecule has 1 fully saturated rings. The van der Waals surface area contributed by atoms with Gasteiger partial charge in [-0.25, -0.2) is 0 Å². The minimum absolute atomic E-state index is 0.275. The quantitative estimate of drug-likeness (QED) is 0.729. The van der Waals surface area contributed by atoms with Gasteiger partial charge in [0.15, 0.2) is 0 Å². The van der Waals surface area contributed by atoms with Crippen molar-refractivity contribution in [1.29, 1.82) is 0 Å². The normalized spacial score (nSPS) is 25.7. The molecule has 2 N–H and O–H groups in total. The molecular formula is C12H25NO. The summed E-state index contributed by atoms with van der Waals surface area (Å²) in [5.41, 5.74) is -0.266. The van der Waals surface area contributed by atoms with Gasteiger partial charge in [-0.2, -0.15) is 0 Å². The topological polar surface area (TPSA) is 32.3 Å². The number of rotatable bonds is 4. The van der Waals surface area contributed by atoms with Gasteiger partial charge in [-0.05, 0) is 33.1 Å². The van der Waals surface area contributed by atoms with Crippen molar-refractivity contribution < 1.29 is 5.11 Å². The molecule has 1 saturated carbocycles. The maximum atomic E-state index is 9.91. The van der Waals surface area contributed by atoms with E-state index < -0.39 is 5.60 Å². The highest BCUT2D eigenvalue weighted by Crippen LogP contribution is 2.27. The van der Waals surface area contributed by atoms with Gasteiger partial charge in [0.1, 0.15) is 0 Å². The van der Waals surface area contributed by atoms with E-state index in [0.717, 1.165) is 13.0 Å². The lowest BCUT2D eigenvalue weighted by atomic mass is 9.83. The van der Waals surface area contributed by atoms with Crippen molar-refractivity contribution >= 4 is 0 Å². The van der Waals surface area contributed by atoms with Gasteiger partial charge < -0.3 is 10.4 Å². The standard InChI is InChI=1S/C12H25NO/c1-4-12(3,14)10-13-11(2)8-6-5-7-9-11/h13-14H,4-10H2,1-3H3. The molecule has 2 heteroatoms. The van der Waals surface area contributed by atoms with E-state index in [1.54, 1.807) is 0 Å². The maximum Gasteiger partial charge on any atom is 0.0741 e. The Morgan fingerprint density at radius 1 is 1.29 bits per heavy atom. The second-order valence-electron chi connectivity index (χ2n) is 5.33. The van der Waals surface area contributed by atoms with Crippen molar-refractivity contribution in [1.82, 2.24) is 5.32 Å². The van der Waals surface area contributed by atoms with Gasteiger partial charge in [-0.3, -0.25) is 0 Å². The van der Waals surface area contributed by atoms with Crippen LogP contribution in [0.3, 0.4) is 0 Å². The zero-order valence-electron chi connectivity index (χ0n) is 9.90. The molecule has 14 heavy (non-hydrogen) atoms. The van der Waals surface area contributed by atoms with Crippen molar-refractivity contribution in [2.24, 2.45) is 0 Å². The highest BCUT2D eigenvalue weighted by atomic mass is 16.3. The third kappa shape index (κ3) is 3.58. The summed E-state index contributed by atoms with van der Waals surface area (Å²) in [6.45, 7) is 6.95. The Morgan fingerprint density at radius 3 is 2.36 bits per heavy atom. The van der Waals surface area contributed by atoms with Gasteiger partial charge >= 0.3 is 0 Å². The summed E-state index contributed by atoms with van der Waals surface area (Å²) in [6.07, 6.45) is 7.37. The van der Waals surface area contributed by atoms with Crippen LogP contribution in [0.5, 0.6) is 0 Å². The fourth-order valence-electron chi connectivity index (χ4n) is 2.04. The van der Waals surface area contributed by atoms with Crippen LogP contribution >= 0.6 is 0 Å². The SMILES string of the molecule is CCC(C)(O)CNC1(C)CCCCC1. The number of β-amino-alcohol motifs (C(OH)–C–C–N with tert-alkyl or cyclic N) is 1. The molecule has 1 aliphatic carbocycles. The molecule has 0 spiro atoms. The molecule has 1 unspecified atom stereocenters. The molecule has 1 rings (SSSR count). The second-order valence-corrected chi connectivity index (χ2v) is 5.33. The van der Waals surface area contributed by atoms with Crippen LogP contribution in [0, 0.1) is 0 Å². The van der Waals surface area contributed by atoms with E-state index in [0.29, 0.717) is 0 Å². The number of nitrogens with one attached hydrogen (secondary N) is 1. The second kappa shape index (κ2) is 4.63. The van der Waals surface area contributed by atoms with Crippen molar-refractivity contribution in [3.8, 4) is 0 Å². The highest BCUT2D eigenvalue weighted by molar-refractivity contribution is 4.88. The van der Waals surface area contributed by atoms with E-state index in [2.05, 4.69) is 12.2 Å². The summed E-state index contributed by atoms with van der Waals surface area (Å²) in [4.78, 5) is 0. The lowest BCUT2D eigenvalue weighted by molar-refractivity contribution is 0.0436. The summed E-state index contributed by atoms with van der Waals surface area (Å²) in [7, 11) is 0. The number of aliphatic hydroxyl groups is 1. The van der Waals surface area contributed by atoms with Crippen LogP contribution in [0.4, 0.5) is 0 Å². The minimum Gasteiger partial charge on any atom is -0.389 e. The van der Waals surface area contributed by atoms with E-state index in [4.69, 9.17) is 0 Å². The molecule has 0 aromatic carbocycles. The van der Waals surface area contributed by atoms with E-state index in [1.807, 2.05) is 13.8 Å². The van der Waals surface area contributed by atoms with Gasteiger partial charge in [0.05, 0.1) is 5.60 Å². The molecule has 0 radical (unpaired) electrons. The fourth-order valence-corrected chi connectivity index (χ4v) is 2.04. The number of hydrogen-bond donors (Lipinski definition) is 2. The summed E-state index contributed by atoms with van der Waals surface area (Å²) < 4.78 is 0. The molecule has 0 aromatic rings. The lowest BCUT2D eigenvalue weighted by Gasteiger charge is -2.37. The molecule has 84 valence electrons. The van der Waals surface area contributed by atoms with Crippen molar-refractivity contribution in [3.63, 3.8) is 0 Å². The molecule has 0 aromatic heterocycles. The van der Waals surface area contributed by atoms with Gasteiger partial charge in [0.2, 0.25) is 0 Å². The number of hydrogen-bond acceptors (Lipinski definition) is 2. The lowest BCUT2D eigenvalue weighted by Crippen LogP contribution is -2.50. The maximum absolute atomic E-state index is 9.91. The van der Waals surface area contributed by atoms with Crippen LogP contribution < -0.4 is 5.32 Å². The summed E-state index contributed by atoms with van der Waals surface area (Å²) in [5.74, 6) is 0. The zero-order chi connectivity index (χ0) is 10.7. The molecule has 1 atom stereocenters. The van der Waals surface area contributed by atoms with Gasteiger partial charge in [0, 0.05) is 12.1 Å². The zero-order valence-corrected chi connectivity index (χ0v) is 9.90. The van der Waals surface area contributed by atoms with Crippen LogP contribution in [0.1, 0.15) is 59.3 Å². The molecule has 0 heterocycles. The van der Waals surface area contributed by atoms with Crippen molar-refractivity contribution in [2.75, 3.05) is 6.54 Å². The van der Waals surface area contributed by atoms with Gasteiger partial charge in [-0.1, -0.05) is 26.2 Å². The smallest absolute Gasteiger partial charge is 0.0741 e. The van der Waals surface area contributed by atoms with Crippen LogP contribution in [-0.4, -0.2) is 22.8 Å². The van der Waals surface area contributed by atoms with E-state index in [-0.39, 0.29) is 5.54 Å². The Labute approximate surface area is 88.1 Å². The average Bonchev–Trinajstić information content (AvgIpc) is 2.17. The first kappa shape index (κ1) is 12.0. The summed E-state index contributed by atoms with van der Waals surface area (Å²) in [6, 6.07) is 0. The molecule has 0 bridgehead atoms. The molecule has 0 aliphatic heterocycles. The Balaban J connectivity index is 2.35. The van der Waals surface area contributed by atoms with E-state index in [9.17, 15) is 5.11 Å². The predicted molar refractivity (Wildman–Crippen MR) is 60.4 cm³/mol. The predicted octanol–water partition coefficient (Wildman–Crippen LogP) is 2.46. The molecule has 2 nitrogen and oxygen atoms in total. The van der Waals surface area contributed by atoms with Gasteiger partial charge in [0.25, 0.3) is 0 Å². The first-order valence-electron chi connectivity index (χ1n) is 5.95. The Kier molecular flexibility index (Phi) is 3.96. The third-order valence-electron chi connectivity index (χ3n) is 3.61. The minimum atomic E-state index is -0.541. The Hall–Kier alpha value is -0.0800. The average molecular weight is 199 g/mol. The van der Waals surface area contributed by atoms with Gasteiger partial charge in [-0.15, -0.1) is 0 Å². The third-order valence-corrected chi connectivity index (χ3v) is 3.61. The first-order valence-corrected chi connectivity index (χ1v) is 5.95. The fraction of sp³-hybridized carbons (Fsp3) is 1.00. The van der Waals surface area contributed by atoms with Crippen molar-refractivity contribution in [2.45, 2.75) is 70.4 Å². The molecule has 0 amide bonds. The van der Waals surface area contributed by atoms with Crippen LogP contribution in [-0.2, 0) is 0 Å². The van der Waals surface area contributed by atoms with E-state index in [1.165, 1.54) is 32.1 Å². The van der Waals surface area contributed by atoms with Crippen LogP contribution in [0.25, 0.3) is 0 Å². The highest BCUT2D eigenvalue weighted by Gasteiger charge is 2.28. The largest absolute Gasteiger partial charge is 0.389 e.